The van der Waals surface area contributed by atoms with Crippen LogP contribution in [0.1, 0.15) is 0 Å². The lowest BCUT2D eigenvalue weighted by molar-refractivity contribution is 0.401. The topological polar surface area (TPSA) is 73.1 Å². The molecule has 1 aromatic heterocycles. The van der Waals surface area contributed by atoms with Crippen molar-refractivity contribution in [3.63, 3.8) is 0 Å². The molecule has 0 amide bonds. The summed E-state index contributed by atoms with van der Waals surface area (Å²) in [6.45, 7) is 0. The zero-order chi connectivity index (χ0) is 6.91. The Kier molecular flexibility index (Phi) is 1.42. The fourth-order valence-electron chi connectivity index (χ4n) is 0.268. The normalized spacial score (nSPS) is 11.7. The standard InChI is InChI=1S/C2HClN2O3S/c3-9(6,7)2-4-1-8-5-2/h1H. The fraction of sp³-hybridized carbons (Fsp3) is 0. The average Bonchev–Trinajstić information content (AvgIpc) is 2.08. The first-order valence-electron chi connectivity index (χ1n) is 1.82. The predicted molar refractivity (Wildman–Crippen MR) is 27.3 cm³/mol. The first-order chi connectivity index (χ1) is 4.11. The van der Waals surface area contributed by atoms with Gasteiger partial charge in [-0.25, -0.2) is 8.42 Å². The zero-order valence-electron chi connectivity index (χ0n) is 3.98. The molecule has 7 heteroatoms. The van der Waals surface area contributed by atoms with E-state index in [4.69, 9.17) is 10.7 Å². The first-order valence-corrected chi connectivity index (χ1v) is 4.12. The van der Waals surface area contributed by atoms with Crippen LogP contribution in [0.15, 0.2) is 16.1 Å². The SMILES string of the molecule is O=S(=O)(Cl)c1ncon1. The van der Waals surface area contributed by atoms with Crippen LogP contribution in [0.5, 0.6) is 0 Å². The average molecular weight is 169 g/mol. The van der Waals surface area contributed by atoms with Crippen LogP contribution in [0.2, 0.25) is 0 Å². The summed E-state index contributed by atoms with van der Waals surface area (Å²) in [6.07, 6.45) is 0.884. The van der Waals surface area contributed by atoms with Crippen molar-refractivity contribution in [1.29, 1.82) is 0 Å². The minimum atomic E-state index is -3.80. The van der Waals surface area contributed by atoms with E-state index in [2.05, 4.69) is 14.7 Å². The molecule has 0 saturated carbocycles. The van der Waals surface area contributed by atoms with Crippen molar-refractivity contribution >= 4 is 19.7 Å². The highest BCUT2D eigenvalue weighted by Gasteiger charge is 2.14. The highest BCUT2D eigenvalue weighted by molar-refractivity contribution is 8.13. The van der Waals surface area contributed by atoms with Gasteiger partial charge in [0.05, 0.1) is 0 Å². The van der Waals surface area contributed by atoms with Gasteiger partial charge in [0.1, 0.15) is 0 Å². The highest BCUT2D eigenvalue weighted by atomic mass is 35.7. The van der Waals surface area contributed by atoms with Gasteiger partial charge in [0.15, 0.2) is 0 Å². The van der Waals surface area contributed by atoms with Crippen molar-refractivity contribution in [3.8, 4) is 0 Å². The monoisotopic (exact) mass is 168 g/mol. The molecule has 1 aromatic rings. The summed E-state index contributed by atoms with van der Waals surface area (Å²) in [6, 6.07) is 0. The summed E-state index contributed by atoms with van der Waals surface area (Å²) in [4.78, 5) is 3.19. The smallest absolute Gasteiger partial charge is 0.303 e. The third-order valence-electron chi connectivity index (χ3n) is 0.559. The van der Waals surface area contributed by atoms with Crippen LogP contribution in [0.25, 0.3) is 0 Å². The minimum Gasteiger partial charge on any atom is -0.342 e. The third kappa shape index (κ3) is 1.39. The van der Waals surface area contributed by atoms with Gasteiger partial charge in [-0.2, -0.15) is 4.98 Å². The van der Waals surface area contributed by atoms with E-state index in [1.165, 1.54) is 0 Å². The van der Waals surface area contributed by atoms with Crippen molar-refractivity contribution in [2.75, 3.05) is 0 Å². The van der Waals surface area contributed by atoms with E-state index in [0.29, 0.717) is 0 Å². The van der Waals surface area contributed by atoms with Crippen LogP contribution >= 0.6 is 10.7 Å². The maximum atomic E-state index is 10.3. The van der Waals surface area contributed by atoms with Crippen molar-refractivity contribution < 1.29 is 12.9 Å². The lowest BCUT2D eigenvalue weighted by atomic mass is 11.3. The van der Waals surface area contributed by atoms with Gasteiger partial charge in [-0.15, -0.1) is 0 Å². The Morgan fingerprint density at radius 1 is 1.67 bits per heavy atom. The first kappa shape index (κ1) is 6.50. The van der Waals surface area contributed by atoms with E-state index in [1.807, 2.05) is 0 Å². The van der Waals surface area contributed by atoms with Crippen molar-refractivity contribution in [2.45, 2.75) is 5.16 Å². The molecule has 50 valence electrons. The van der Waals surface area contributed by atoms with Crippen LogP contribution in [0, 0.1) is 0 Å². The molecule has 1 rings (SSSR count). The summed E-state index contributed by atoms with van der Waals surface area (Å²) in [7, 11) is 0.984. The largest absolute Gasteiger partial charge is 0.342 e. The number of aromatic nitrogens is 2. The van der Waals surface area contributed by atoms with Gasteiger partial charge in [-0.05, 0) is 5.16 Å². The van der Waals surface area contributed by atoms with Gasteiger partial charge >= 0.3 is 5.16 Å². The molecule has 0 unspecified atom stereocenters. The summed E-state index contributed by atoms with van der Waals surface area (Å²) in [5.41, 5.74) is 0. The van der Waals surface area contributed by atoms with E-state index in [1.54, 1.807) is 0 Å². The molecule has 0 spiro atoms. The second-order valence-electron chi connectivity index (χ2n) is 1.15. The maximum Gasteiger partial charge on any atom is 0.303 e. The second kappa shape index (κ2) is 1.96. The molecule has 0 aliphatic rings. The summed E-state index contributed by atoms with van der Waals surface area (Å²) < 4.78 is 24.7. The number of halogens is 1. The zero-order valence-corrected chi connectivity index (χ0v) is 5.56. The van der Waals surface area contributed by atoms with Gasteiger partial charge in [0, 0.05) is 10.7 Å². The van der Waals surface area contributed by atoms with Gasteiger partial charge in [-0.1, -0.05) is 0 Å². The maximum absolute atomic E-state index is 10.3. The summed E-state index contributed by atoms with van der Waals surface area (Å²) >= 11 is 0. The van der Waals surface area contributed by atoms with Crippen LogP contribution in [-0.2, 0) is 9.05 Å². The molecule has 5 nitrogen and oxygen atoms in total. The number of hydrogen-bond acceptors (Lipinski definition) is 5. The Bertz CT molecular complexity index is 277. The fourth-order valence-corrected chi connectivity index (χ4v) is 0.773. The van der Waals surface area contributed by atoms with Crippen LogP contribution in [-0.4, -0.2) is 18.6 Å². The lowest BCUT2D eigenvalue weighted by Gasteiger charge is -1.78. The molecule has 9 heavy (non-hydrogen) atoms. The van der Waals surface area contributed by atoms with E-state index in [-0.39, 0.29) is 0 Å². The van der Waals surface area contributed by atoms with E-state index in [9.17, 15) is 8.42 Å². The highest BCUT2D eigenvalue weighted by Crippen LogP contribution is 2.06. The molecular formula is C2HClN2O3S. The Morgan fingerprint density at radius 2 is 2.33 bits per heavy atom. The van der Waals surface area contributed by atoms with Gasteiger partial charge in [-0.3, -0.25) is 0 Å². The predicted octanol–water partition coefficient (Wildman–Crippen LogP) is -0.00290. The molecule has 0 bridgehead atoms. The number of nitrogens with zero attached hydrogens (tertiary/aromatic N) is 2. The lowest BCUT2D eigenvalue weighted by Crippen LogP contribution is -1.91. The summed E-state index contributed by atoms with van der Waals surface area (Å²) in [5.74, 6) is 0. The molecule has 0 aliphatic carbocycles. The number of rotatable bonds is 1. The van der Waals surface area contributed by atoms with Crippen LogP contribution in [0.4, 0.5) is 0 Å². The Hall–Kier alpha value is -0.620. The quantitative estimate of drug-likeness (QED) is 0.552. The second-order valence-corrected chi connectivity index (χ2v) is 3.61. The van der Waals surface area contributed by atoms with Crippen LogP contribution in [0.3, 0.4) is 0 Å². The van der Waals surface area contributed by atoms with Gasteiger partial charge < -0.3 is 4.52 Å². The molecule has 0 fully saturated rings. The van der Waals surface area contributed by atoms with Gasteiger partial charge in [0.2, 0.25) is 6.39 Å². The Balaban J connectivity index is 3.20. The molecule has 0 radical (unpaired) electrons. The van der Waals surface area contributed by atoms with E-state index < -0.39 is 14.2 Å². The molecular weight excluding hydrogens is 168 g/mol. The van der Waals surface area contributed by atoms with Gasteiger partial charge in [0.25, 0.3) is 9.05 Å². The van der Waals surface area contributed by atoms with Crippen molar-refractivity contribution in [2.24, 2.45) is 0 Å². The molecule has 0 atom stereocenters. The van der Waals surface area contributed by atoms with Crippen LogP contribution < -0.4 is 0 Å². The molecule has 0 aliphatic heterocycles. The summed E-state index contributed by atoms with van der Waals surface area (Å²) in [5, 5.41) is 2.47. The van der Waals surface area contributed by atoms with Crippen molar-refractivity contribution in [3.05, 3.63) is 6.39 Å². The minimum absolute atomic E-state index is 0.510. The molecule has 1 heterocycles. The molecule has 0 saturated heterocycles. The Morgan fingerprint density at radius 3 is 2.56 bits per heavy atom. The van der Waals surface area contributed by atoms with Crippen molar-refractivity contribution in [1.82, 2.24) is 10.1 Å². The Labute approximate surface area is 55.0 Å². The molecule has 0 N–H and O–H groups in total. The third-order valence-corrected chi connectivity index (χ3v) is 1.59. The van der Waals surface area contributed by atoms with E-state index in [0.717, 1.165) is 6.39 Å². The number of hydrogen-bond donors (Lipinski definition) is 0. The van der Waals surface area contributed by atoms with E-state index >= 15 is 0 Å². The molecule has 0 aromatic carbocycles.